The van der Waals surface area contributed by atoms with Crippen molar-refractivity contribution >= 4 is 5.97 Å². The molecule has 0 saturated carbocycles. The summed E-state index contributed by atoms with van der Waals surface area (Å²) in [5, 5.41) is 0. The van der Waals surface area contributed by atoms with Gasteiger partial charge in [-0.15, -0.1) is 0 Å². The molecule has 0 aliphatic carbocycles. The molecule has 0 unspecified atom stereocenters. The van der Waals surface area contributed by atoms with Crippen LogP contribution in [0.5, 0.6) is 11.6 Å². The van der Waals surface area contributed by atoms with Gasteiger partial charge in [0.25, 0.3) is 5.88 Å². The number of carbonyl (C=O) groups excluding carboxylic acids is 1. The molecule has 9 heteroatoms. The molecule has 1 atom stereocenters. The maximum Gasteiger partial charge on any atom is 0.343 e. The molecule has 8 nitrogen and oxygen atoms in total. The Balaban J connectivity index is 2.16. The lowest BCUT2D eigenvalue weighted by atomic mass is 9.89. The van der Waals surface area contributed by atoms with Crippen LogP contribution < -0.4 is 14.9 Å². The second-order valence-corrected chi connectivity index (χ2v) is 7.88. The minimum absolute atomic E-state index is 0.0345. The largest absolute Gasteiger partial charge is 0.488 e. The number of fused-ring (bicyclic) bond motifs is 3. The lowest BCUT2D eigenvalue weighted by Crippen LogP contribution is -2.31. The van der Waals surface area contributed by atoms with Crippen molar-refractivity contribution in [1.82, 2.24) is 9.55 Å². The number of nitrogens with zero attached hydrogens (tertiary/aromatic N) is 2. The first kappa shape index (κ1) is 23.7. The van der Waals surface area contributed by atoms with Crippen LogP contribution in [0, 0.1) is 11.7 Å². The molecule has 3 rings (SSSR count). The molecule has 0 fully saturated rings. The minimum atomic E-state index is -1.04. The molecule has 0 saturated heterocycles. The number of hydrogen-bond donors (Lipinski definition) is 0. The topological polar surface area (TPSA) is 88.9 Å². The third-order valence-electron chi connectivity index (χ3n) is 5.43. The number of carbonyl (C=O) groups is 1. The Hall–Kier alpha value is -2.94. The quantitative estimate of drug-likeness (QED) is 0.429. The second kappa shape index (κ2) is 10.1. The number of aromatic nitrogens is 2. The van der Waals surface area contributed by atoms with Gasteiger partial charge in [-0.05, 0) is 30.9 Å². The molecule has 1 aliphatic heterocycles. The Labute approximate surface area is 186 Å². The number of methoxy groups -OCH3 is 2. The molecule has 174 valence electrons. The molecule has 3 heterocycles. The molecular weight excluding hydrogens is 419 g/mol. The normalized spacial score (nSPS) is 14.7. The van der Waals surface area contributed by atoms with E-state index in [0.29, 0.717) is 37.5 Å². The molecule has 0 N–H and O–H groups in total. The van der Waals surface area contributed by atoms with Crippen LogP contribution in [0.15, 0.2) is 17.1 Å². The zero-order valence-corrected chi connectivity index (χ0v) is 19.1. The predicted octanol–water partition coefficient (Wildman–Crippen LogP) is 3.40. The highest BCUT2D eigenvalue weighted by Gasteiger charge is 2.34. The van der Waals surface area contributed by atoms with E-state index in [-0.39, 0.29) is 35.7 Å². The first-order chi connectivity index (χ1) is 15.3. The van der Waals surface area contributed by atoms with Crippen molar-refractivity contribution in [3.63, 3.8) is 0 Å². The number of pyridine rings is 2. The van der Waals surface area contributed by atoms with E-state index < -0.39 is 17.2 Å². The summed E-state index contributed by atoms with van der Waals surface area (Å²) in [5.74, 6) is -1.15. The van der Waals surface area contributed by atoms with E-state index in [1.54, 1.807) is 24.7 Å². The van der Waals surface area contributed by atoms with E-state index in [0.717, 1.165) is 5.56 Å². The zero-order chi connectivity index (χ0) is 23.4. The number of rotatable bonds is 9. The van der Waals surface area contributed by atoms with Gasteiger partial charge in [0.1, 0.15) is 11.3 Å². The first-order valence-corrected chi connectivity index (χ1v) is 10.7. The van der Waals surface area contributed by atoms with Crippen molar-refractivity contribution in [3.8, 4) is 23.0 Å². The molecule has 0 spiro atoms. The fourth-order valence-electron chi connectivity index (χ4n) is 3.84. The van der Waals surface area contributed by atoms with E-state index in [4.69, 9.17) is 18.9 Å². The first-order valence-electron chi connectivity index (χ1n) is 10.7. The predicted molar refractivity (Wildman–Crippen MR) is 116 cm³/mol. The van der Waals surface area contributed by atoms with Crippen molar-refractivity contribution < 1.29 is 28.1 Å². The van der Waals surface area contributed by atoms with Crippen LogP contribution in [0.25, 0.3) is 11.4 Å². The molecule has 1 aliphatic rings. The van der Waals surface area contributed by atoms with Crippen LogP contribution in [-0.2, 0) is 15.9 Å². The van der Waals surface area contributed by atoms with Gasteiger partial charge in [0.2, 0.25) is 5.43 Å². The third-order valence-corrected chi connectivity index (χ3v) is 5.43. The SMILES string of the molecule is CCOC(=O)c1cn2c(c(F)c1=O)-c1nc(OC)c(OCCCOC)cc1C[C@H]2C(C)C. The van der Waals surface area contributed by atoms with Crippen molar-refractivity contribution in [2.24, 2.45) is 5.92 Å². The van der Waals surface area contributed by atoms with E-state index in [9.17, 15) is 9.59 Å². The summed E-state index contributed by atoms with van der Waals surface area (Å²) >= 11 is 0. The van der Waals surface area contributed by atoms with Crippen LogP contribution >= 0.6 is 0 Å². The van der Waals surface area contributed by atoms with Gasteiger partial charge in [0.05, 0.1) is 26.0 Å². The van der Waals surface area contributed by atoms with Crippen LogP contribution in [0.3, 0.4) is 0 Å². The monoisotopic (exact) mass is 448 g/mol. The highest BCUT2D eigenvalue weighted by Crippen LogP contribution is 2.41. The molecule has 0 radical (unpaired) electrons. The highest BCUT2D eigenvalue weighted by molar-refractivity contribution is 5.89. The smallest absolute Gasteiger partial charge is 0.343 e. The molecule has 0 aromatic carbocycles. The van der Waals surface area contributed by atoms with Crippen LogP contribution in [0.2, 0.25) is 0 Å². The van der Waals surface area contributed by atoms with Gasteiger partial charge in [0.15, 0.2) is 11.6 Å². The van der Waals surface area contributed by atoms with Gasteiger partial charge in [0, 0.05) is 32.4 Å². The summed E-state index contributed by atoms with van der Waals surface area (Å²) in [5.41, 5.74) is -0.258. The lowest BCUT2D eigenvalue weighted by molar-refractivity contribution is 0.0522. The molecule has 2 aromatic heterocycles. The maximum absolute atomic E-state index is 15.4. The third kappa shape index (κ3) is 4.48. The number of esters is 1. The summed E-state index contributed by atoms with van der Waals surface area (Å²) < 4.78 is 38.2. The van der Waals surface area contributed by atoms with Gasteiger partial charge >= 0.3 is 5.97 Å². The van der Waals surface area contributed by atoms with Crippen molar-refractivity contribution in [2.45, 2.75) is 39.7 Å². The second-order valence-electron chi connectivity index (χ2n) is 7.88. The number of hydrogen-bond acceptors (Lipinski definition) is 7. The lowest BCUT2D eigenvalue weighted by Gasteiger charge is -2.33. The van der Waals surface area contributed by atoms with Gasteiger partial charge < -0.3 is 23.5 Å². The van der Waals surface area contributed by atoms with E-state index in [2.05, 4.69) is 4.98 Å². The molecule has 0 amide bonds. The minimum Gasteiger partial charge on any atom is -0.488 e. The average molecular weight is 448 g/mol. The van der Waals surface area contributed by atoms with Gasteiger partial charge in [-0.3, -0.25) is 4.79 Å². The molecule has 32 heavy (non-hydrogen) atoms. The number of halogens is 1. The molecular formula is C23H29FN2O6. The van der Waals surface area contributed by atoms with E-state index in [1.807, 2.05) is 13.8 Å². The molecule has 0 bridgehead atoms. The summed E-state index contributed by atoms with van der Waals surface area (Å²) in [4.78, 5) is 29.4. The summed E-state index contributed by atoms with van der Waals surface area (Å²) in [6.07, 6.45) is 2.60. The fraction of sp³-hybridized carbons (Fsp3) is 0.522. The van der Waals surface area contributed by atoms with Crippen LogP contribution in [0.4, 0.5) is 4.39 Å². The highest BCUT2D eigenvalue weighted by atomic mass is 19.1. The summed E-state index contributed by atoms with van der Waals surface area (Å²) in [7, 11) is 3.07. The zero-order valence-electron chi connectivity index (χ0n) is 19.1. The van der Waals surface area contributed by atoms with E-state index in [1.165, 1.54) is 13.3 Å². The Kier molecular flexibility index (Phi) is 7.50. The Morgan fingerprint density at radius 3 is 2.69 bits per heavy atom. The van der Waals surface area contributed by atoms with Crippen molar-refractivity contribution in [3.05, 3.63) is 39.4 Å². The summed E-state index contributed by atoms with van der Waals surface area (Å²) in [6, 6.07) is 1.59. The molecule has 2 aromatic rings. The summed E-state index contributed by atoms with van der Waals surface area (Å²) in [6.45, 7) is 6.68. The van der Waals surface area contributed by atoms with Crippen LogP contribution in [0.1, 0.15) is 49.2 Å². The van der Waals surface area contributed by atoms with Gasteiger partial charge in [-0.25, -0.2) is 14.2 Å². The maximum atomic E-state index is 15.4. The Morgan fingerprint density at radius 1 is 1.31 bits per heavy atom. The standard InChI is InChI=1S/C23H29FN2O6/c1-6-31-23(28)15-12-26-16(13(2)3)10-14-11-17(32-9-7-8-29-4)22(30-5)25-19(14)20(26)18(24)21(15)27/h11-13,16H,6-10H2,1-5H3/t16-/m0/s1. The van der Waals surface area contributed by atoms with Crippen molar-refractivity contribution in [2.75, 3.05) is 34.0 Å². The number of ether oxygens (including phenoxy) is 4. The van der Waals surface area contributed by atoms with Crippen LogP contribution in [-0.4, -0.2) is 49.6 Å². The Morgan fingerprint density at radius 2 is 2.06 bits per heavy atom. The van der Waals surface area contributed by atoms with E-state index >= 15 is 4.39 Å². The van der Waals surface area contributed by atoms with Crippen molar-refractivity contribution in [1.29, 1.82) is 0 Å². The fourth-order valence-corrected chi connectivity index (χ4v) is 3.84. The average Bonchev–Trinajstić information content (AvgIpc) is 2.77. The van der Waals surface area contributed by atoms with Gasteiger partial charge in [-0.1, -0.05) is 13.8 Å². The van der Waals surface area contributed by atoms with Gasteiger partial charge in [-0.2, -0.15) is 0 Å². The Bertz CT molecular complexity index is 1050.